The van der Waals surface area contributed by atoms with Crippen molar-refractivity contribution in [2.75, 3.05) is 50.7 Å². The Bertz CT molecular complexity index is 1670. The monoisotopic (exact) mass is 609 g/mol. The molecule has 2 aromatic carbocycles. The summed E-state index contributed by atoms with van der Waals surface area (Å²) in [7, 11) is 1.40. The second-order valence-electron chi connectivity index (χ2n) is 9.53. The van der Waals surface area contributed by atoms with Gasteiger partial charge < -0.3 is 25.2 Å². The number of anilines is 2. The van der Waals surface area contributed by atoms with E-state index in [1.165, 1.54) is 19.2 Å². The normalized spacial score (nSPS) is 18.0. The Kier molecular flexibility index (Phi) is 8.11. The van der Waals surface area contributed by atoms with Crippen LogP contribution in [0.5, 0.6) is 6.01 Å². The van der Waals surface area contributed by atoms with Crippen LogP contribution in [0.4, 0.5) is 28.4 Å². The fourth-order valence-electron chi connectivity index (χ4n) is 4.67. The highest BCUT2D eigenvalue weighted by atomic mass is 35.5. The van der Waals surface area contributed by atoms with E-state index in [2.05, 4.69) is 9.97 Å². The van der Waals surface area contributed by atoms with Gasteiger partial charge in [0.05, 0.1) is 41.5 Å². The highest BCUT2D eigenvalue weighted by Crippen LogP contribution is 2.48. The summed E-state index contributed by atoms with van der Waals surface area (Å²) in [5.74, 6) is -4.05. The van der Waals surface area contributed by atoms with Gasteiger partial charge in [0.1, 0.15) is 28.2 Å². The van der Waals surface area contributed by atoms with Crippen LogP contribution in [0, 0.1) is 28.9 Å². The predicted molar refractivity (Wildman–Crippen MR) is 149 cm³/mol. The minimum absolute atomic E-state index is 0.000584. The number of hydrogen-bond acceptors (Lipinski definition) is 9. The van der Waals surface area contributed by atoms with Crippen molar-refractivity contribution in [1.29, 1.82) is 5.26 Å². The van der Waals surface area contributed by atoms with E-state index in [0.29, 0.717) is 37.5 Å². The predicted octanol–water partition coefficient (Wildman–Crippen LogP) is 5.77. The van der Waals surface area contributed by atoms with E-state index in [-0.39, 0.29) is 61.4 Å². The van der Waals surface area contributed by atoms with Crippen molar-refractivity contribution >= 4 is 54.7 Å². The second-order valence-corrected chi connectivity index (χ2v) is 11.0. The van der Waals surface area contributed by atoms with Crippen LogP contribution in [0.25, 0.3) is 32.1 Å². The summed E-state index contributed by atoms with van der Waals surface area (Å²) in [6.07, 6.45) is 0.662. The van der Waals surface area contributed by atoms with Crippen LogP contribution in [0.15, 0.2) is 18.2 Å². The molecule has 8 nitrogen and oxygen atoms in total. The highest BCUT2D eigenvalue weighted by Gasteiger charge is 2.56. The number of aliphatic hydroxyl groups is 1. The van der Waals surface area contributed by atoms with Gasteiger partial charge in [0, 0.05) is 42.5 Å². The van der Waals surface area contributed by atoms with Crippen molar-refractivity contribution < 1.29 is 32.1 Å². The first-order valence-electron chi connectivity index (χ1n) is 12.6. The lowest BCUT2D eigenvalue weighted by atomic mass is 9.97. The molecule has 0 bridgehead atoms. The van der Waals surface area contributed by atoms with Gasteiger partial charge in [-0.05, 0) is 24.1 Å². The molecule has 2 fully saturated rings. The summed E-state index contributed by atoms with van der Waals surface area (Å²) in [5.41, 5.74) is 6.29. The van der Waals surface area contributed by atoms with Gasteiger partial charge in [-0.2, -0.15) is 15.2 Å². The average Bonchev–Trinajstić information content (AvgIpc) is 3.56. The van der Waals surface area contributed by atoms with Crippen molar-refractivity contribution in [3.05, 3.63) is 40.4 Å². The van der Waals surface area contributed by atoms with Gasteiger partial charge in [0.15, 0.2) is 5.82 Å². The first kappa shape index (κ1) is 29.1. The lowest BCUT2D eigenvalue weighted by Gasteiger charge is -2.23. The zero-order valence-electron chi connectivity index (χ0n) is 21.7. The molecule has 1 atom stereocenters. The maximum Gasteiger partial charge on any atom is 0.318 e. The van der Waals surface area contributed by atoms with E-state index < -0.39 is 23.5 Å². The lowest BCUT2D eigenvalue weighted by Crippen LogP contribution is -2.27. The number of nitrogens with two attached hydrogens (primary N) is 1. The van der Waals surface area contributed by atoms with Crippen LogP contribution < -0.4 is 15.4 Å². The molecule has 0 amide bonds. The number of hydrogen-bond donors (Lipinski definition) is 2. The van der Waals surface area contributed by atoms with E-state index in [4.69, 9.17) is 31.9 Å². The molecule has 216 valence electrons. The second kappa shape index (κ2) is 11.4. The number of nitrogen functional groups attached to an aromatic ring is 1. The van der Waals surface area contributed by atoms with Crippen LogP contribution in [0.2, 0.25) is 5.02 Å². The fourth-order valence-corrected chi connectivity index (χ4v) is 5.92. The van der Waals surface area contributed by atoms with Crippen LogP contribution in [-0.4, -0.2) is 61.0 Å². The van der Waals surface area contributed by atoms with Crippen molar-refractivity contribution in [2.45, 2.75) is 18.8 Å². The van der Waals surface area contributed by atoms with Crippen LogP contribution in [0.1, 0.15) is 18.4 Å². The number of aliphatic hydroxyl groups excluding tert-OH is 1. The maximum absolute atomic E-state index is 16.2. The molecule has 1 aliphatic carbocycles. The number of halogens is 5. The third kappa shape index (κ3) is 5.44. The lowest BCUT2D eigenvalue weighted by molar-refractivity contribution is 0.0822. The minimum atomic E-state index is -2.53. The third-order valence-corrected chi connectivity index (χ3v) is 8.25. The first-order chi connectivity index (χ1) is 19.6. The first-order valence-corrected chi connectivity index (χ1v) is 13.8. The Morgan fingerprint density at radius 2 is 2.05 bits per heavy atom. The molecule has 0 radical (unpaired) electrons. The summed E-state index contributed by atoms with van der Waals surface area (Å²) < 4.78 is 64.9. The Morgan fingerprint density at radius 1 is 1.29 bits per heavy atom. The summed E-state index contributed by atoms with van der Waals surface area (Å²) in [4.78, 5) is 10.7. The molecule has 6 rings (SSSR count). The summed E-state index contributed by atoms with van der Waals surface area (Å²) >= 11 is 7.56. The Balaban J connectivity index is 0.000000423. The number of nitriles is 1. The number of rotatable bonds is 4. The molecule has 1 aliphatic heterocycles. The van der Waals surface area contributed by atoms with Gasteiger partial charge in [-0.1, -0.05) is 17.7 Å². The molecule has 2 aromatic heterocycles. The zero-order chi connectivity index (χ0) is 29.5. The number of nitrogens with zero attached hydrogens (tertiary/aromatic N) is 4. The molecule has 14 heteroatoms. The molecule has 1 saturated heterocycles. The van der Waals surface area contributed by atoms with Crippen LogP contribution in [-0.2, 0) is 4.74 Å². The average molecular weight is 610 g/mol. The van der Waals surface area contributed by atoms with Gasteiger partial charge in [-0.25, -0.2) is 17.6 Å². The Hall–Kier alpha value is -3.44. The van der Waals surface area contributed by atoms with E-state index in [1.807, 2.05) is 11.0 Å². The number of aromatic nitrogens is 2. The fraction of sp³-hybridized carbons (Fsp3) is 0.370. The van der Waals surface area contributed by atoms with Gasteiger partial charge in [-0.15, -0.1) is 11.3 Å². The molecule has 4 aromatic rings. The summed E-state index contributed by atoms with van der Waals surface area (Å²) in [6.45, 7) is 1.99. The molecule has 3 N–H and O–H groups in total. The molecule has 0 spiro atoms. The molecule has 1 unspecified atom stereocenters. The summed E-state index contributed by atoms with van der Waals surface area (Å²) in [6, 6.07) is 6.19. The maximum atomic E-state index is 16.2. The number of benzene rings is 2. The number of thiophene rings is 1. The topological polar surface area (TPSA) is 118 Å². The van der Waals surface area contributed by atoms with Gasteiger partial charge in [0.2, 0.25) is 0 Å². The molecular formula is C27H24ClF4N5O3S. The Labute approximate surface area is 240 Å². The van der Waals surface area contributed by atoms with E-state index in [1.54, 1.807) is 6.07 Å². The van der Waals surface area contributed by atoms with Crippen molar-refractivity contribution in [2.24, 2.45) is 5.92 Å². The number of methoxy groups -OCH3 is 1. The Morgan fingerprint density at radius 3 is 2.68 bits per heavy atom. The van der Waals surface area contributed by atoms with Crippen molar-refractivity contribution in [3.8, 4) is 23.2 Å². The number of ether oxygens (including phenoxy) is 2. The highest BCUT2D eigenvalue weighted by molar-refractivity contribution is 7.23. The SMILES string of the molecule is COc1nc(N2CCCOCC2)c2cc(Cl)c(-c3ccc(F)c4sc(N)c(C#N)c34)c(F)c2n1.OCC1CC1(F)F. The van der Waals surface area contributed by atoms with Crippen molar-refractivity contribution in [1.82, 2.24) is 9.97 Å². The third-order valence-electron chi connectivity index (χ3n) is 6.92. The number of fused-ring (bicyclic) bond motifs is 2. The largest absolute Gasteiger partial charge is 0.467 e. The molecule has 2 aliphatic rings. The molecule has 3 heterocycles. The molecule has 41 heavy (non-hydrogen) atoms. The van der Waals surface area contributed by atoms with E-state index in [0.717, 1.165) is 17.8 Å². The van der Waals surface area contributed by atoms with Gasteiger partial charge in [0.25, 0.3) is 5.92 Å². The van der Waals surface area contributed by atoms with E-state index in [9.17, 15) is 18.4 Å². The zero-order valence-corrected chi connectivity index (χ0v) is 23.3. The molecule has 1 saturated carbocycles. The number of alkyl halides is 2. The van der Waals surface area contributed by atoms with E-state index >= 15 is 4.39 Å². The van der Waals surface area contributed by atoms with Crippen LogP contribution in [0.3, 0.4) is 0 Å². The smallest absolute Gasteiger partial charge is 0.318 e. The van der Waals surface area contributed by atoms with Gasteiger partial charge >= 0.3 is 6.01 Å². The quantitative estimate of drug-likeness (QED) is 0.280. The standard InChI is InChI=1S/C23H18ClF2N5O2S.C4H6F2O/c1-32-23-29-19-12(22(30-23)31-5-2-7-33-8-6-31)9-14(24)17(18(19)26)11-3-4-15(25)20-16(11)13(10-27)21(28)34-20;5-4(6)1-3(4)2-7/h3-4,9H,2,5-8,28H2,1H3;3,7H,1-2H2. The van der Waals surface area contributed by atoms with Crippen molar-refractivity contribution in [3.63, 3.8) is 0 Å². The van der Waals surface area contributed by atoms with Crippen LogP contribution >= 0.6 is 22.9 Å². The summed E-state index contributed by atoms with van der Waals surface area (Å²) in [5, 5.41) is 18.5. The molecular weight excluding hydrogens is 586 g/mol. The minimum Gasteiger partial charge on any atom is -0.467 e. The van der Waals surface area contributed by atoms with Gasteiger partial charge in [-0.3, -0.25) is 0 Å².